The number of ether oxygens (including phenoxy) is 1. The molecule has 1 unspecified atom stereocenters. The topological polar surface area (TPSA) is 29.5 Å². The lowest BCUT2D eigenvalue weighted by Gasteiger charge is -2.25. The molecule has 4 heteroatoms. The van der Waals surface area contributed by atoms with E-state index < -0.39 is 0 Å². The molecule has 1 atom stereocenters. The number of carbonyl (C=O) groups is 1. The number of rotatable bonds is 4. The van der Waals surface area contributed by atoms with Crippen molar-refractivity contribution in [2.24, 2.45) is 0 Å². The number of hydrogen-bond acceptors (Lipinski definition) is 2. The van der Waals surface area contributed by atoms with E-state index in [1.807, 2.05) is 31.3 Å². The van der Waals surface area contributed by atoms with E-state index in [2.05, 4.69) is 15.9 Å². The molecule has 1 aliphatic heterocycles. The fraction of sp³-hybridized carbons (Fsp3) is 0.533. The maximum absolute atomic E-state index is 12.2. The molecule has 0 aromatic heterocycles. The van der Waals surface area contributed by atoms with Gasteiger partial charge in [0.25, 0.3) is 0 Å². The summed E-state index contributed by atoms with van der Waals surface area (Å²) in [5.74, 6) is 0.155. The van der Waals surface area contributed by atoms with Gasteiger partial charge < -0.3 is 9.64 Å². The van der Waals surface area contributed by atoms with Crippen LogP contribution in [-0.2, 0) is 16.1 Å². The van der Waals surface area contributed by atoms with Crippen LogP contribution in [-0.4, -0.2) is 30.6 Å². The molecule has 104 valence electrons. The van der Waals surface area contributed by atoms with E-state index in [0.29, 0.717) is 13.0 Å². The third kappa shape index (κ3) is 4.32. The maximum Gasteiger partial charge on any atom is 0.225 e. The smallest absolute Gasteiger partial charge is 0.225 e. The summed E-state index contributed by atoms with van der Waals surface area (Å²) in [6, 6.07) is 8.00. The molecule has 1 amide bonds. The standard InChI is InChI=1S/C15H20BrNO2/c1-17(11-12-6-2-3-8-14(12)16)15(18)10-13-7-4-5-9-19-13/h2-3,6,8,13H,4-5,7,9-11H2,1H3. The lowest BCUT2D eigenvalue weighted by Crippen LogP contribution is -2.31. The average Bonchev–Trinajstić information content (AvgIpc) is 2.42. The zero-order valence-corrected chi connectivity index (χ0v) is 12.9. The minimum Gasteiger partial charge on any atom is -0.378 e. The van der Waals surface area contributed by atoms with Gasteiger partial charge in [-0.1, -0.05) is 34.1 Å². The first-order valence-electron chi connectivity index (χ1n) is 6.76. The highest BCUT2D eigenvalue weighted by atomic mass is 79.9. The molecule has 0 spiro atoms. The molecule has 2 rings (SSSR count). The van der Waals surface area contributed by atoms with Crippen LogP contribution >= 0.6 is 15.9 Å². The molecule has 1 aromatic carbocycles. The number of amides is 1. The summed E-state index contributed by atoms with van der Waals surface area (Å²) in [5, 5.41) is 0. The molecule has 0 saturated carbocycles. The van der Waals surface area contributed by atoms with Gasteiger partial charge in [-0.3, -0.25) is 4.79 Å². The van der Waals surface area contributed by atoms with Gasteiger partial charge in [0.05, 0.1) is 12.5 Å². The van der Waals surface area contributed by atoms with Crippen LogP contribution in [0.2, 0.25) is 0 Å². The van der Waals surface area contributed by atoms with Crippen LogP contribution in [0.25, 0.3) is 0 Å². The first-order valence-corrected chi connectivity index (χ1v) is 7.55. The van der Waals surface area contributed by atoms with E-state index >= 15 is 0 Å². The van der Waals surface area contributed by atoms with E-state index in [9.17, 15) is 4.79 Å². The van der Waals surface area contributed by atoms with E-state index in [-0.39, 0.29) is 12.0 Å². The van der Waals surface area contributed by atoms with Gasteiger partial charge in [-0.15, -0.1) is 0 Å². The van der Waals surface area contributed by atoms with Gasteiger partial charge in [0, 0.05) is 24.7 Å². The number of hydrogen-bond donors (Lipinski definition) is 0. The summed E-state index contributed by atoms with van der Waals surface area (Å²) in [5.41, 5.74) is 1.13. The predicted octanol–water partition coefficient (Wildman–Crippen LogP) is 3.37. The van der Waals surface area contributed by atoms with E-state index in [4.69, 9.17) is 4.74 Å². The Morgan fingerprint density at radius 1 is 1.42 bits per heavy atom. The molecule has 3 nitrogen and oxygen atoms in total. The monoisotopic (exact) mass is 325 g/mol. The van der Waals surface area contributed by atoms with Gasteiger partial charge in [0.15, 0.2) is 0 Å². The van der Waals surface area contributed by atoms with Gasteiger partial charge in [-0.2, -0.15) is 0 Å². The molecular formula is C15H20BrNO2. The van der Waals surface area contributed by atoms with E-state index in [0.717, 1.165) is 29.5 Å². The van der Waals surface area contributed by atoms with Crippen molar-refractivity contribution in [1.29, 1.82) is 0 Å². The molecule has 1 aliphatic rings. The Balaban J connectivity index is 1.87. The van der Waals surface area contributed by atoms with Crippen molar-refractivity contribution in [3.8, 4) is 0 Å². The Kier molecular flexibility index (Phi) is 5.40. The predicted molar refractivity (Wildman–Crippen MR) is 78.8 cm³/mol. The van der Waals surface area contributed by atoms with Gasteiger partial charge in [0.1, 0.15) is 0 Å². The lowest BCUT2D eigenvalue weighted by atomic mass is 10.1. The van der Waals surface area contributed by atoms with Crippen molar-refractivity contribution in [1.82, 2.24) is 4.90 Å². The third-order valence-corrected chi connectivity index (χ3v) is 4.24. The van der Waals surface area contributed by atoms with Gasteiger partial charge in [-0.25, -0.2) is 0 Å². The number of carbonyl (C=O) groups excluding carboxylic acids is 1. The largest absolute Gasteiger partial charge is 0.378 e. The van der Waals surface area contributed by atoms with E-state index in [1.165, 1.54) is 6.42 Å². The number of benzene rings is 1. The first-order chi connectivity index (χ1) is 9.16. The molecule has 1 saturated heterocycles. The van der Waals surface area contributed by atoms with Crippen molar-refractivity contribution < 1.29 is 9.53 Å². The quantitative estimate of drug-likeness (QED) is 0.849. The minimum atomic E-state index is 0.114. The van der Waals surface area contributed by atoms with Crippen molar-refractivity contribution in [3.05, 3.63) is 34.3 Å². The Labute approximate surface area is 123 Å². The summed E-state index contributed by atoms with van der Waals surface area (Å²) < 4.78 is 6.66. The molecule has 1 heterocycles. The lowest BCUT2D eigenvalue weighted by molar-refractivity contribution is -0.134. The number of halogens is 1. The maximum atomic E-state index is 12.2. The van der Waals surface area contributed by atoms with Crippen molar-refractivity contribution in [2.75, 3.05) is 13.7 Å². The zero-order valence-electron chi connectivity index (χ0n) is 11.3. The summed E-state index contributed by atoms with van der Waals surface area (Å²) in [4.78, 5) is 13.9. The molecule has 1 fully saturated rings. The van der Waals surface area contributed by atoms with Crippen molar-refractivity contribution in [2.45, 2.75) is 38.3 Å². The highest BCUT2D eigenvalue weighted by Gasteiger charge is 2.20. The summed E-state index contributed by atoms with van der Waals surface area (Å²) in [6.07, 6.45) is 3.92. The second kappa shape index (κ2) is 7.06. The van der Waals surface area contributed by atoms with Crippen LogP contribution in [0.15, 0.2) is 28.7 Å². The fourth-order valence-corrected chi connectivity index (χ4v) is 2.70. The van der Waals surface area contributed by atoms with Gasteiger partial charge in [-0.05, 0) is 30.9 Å². The second-order valence-electron chi connectivity index (χ2n) is 5.03. The third-order valence-electron chi connectivity index (χ3n) is 3.47. The molecule has 0 aliphatic carbocycles. The van der Waals surface area contributed by atoms with E-state index in [1.54, 1.807) is 4.90 Å². The Morgan fingerprint density at radius 2 is 2.21 bits per heavy atom. The Bertz CT molecular complexity index is 430. The highest BCUT2D eigenvalue weighted by molar-refractivity contribution is 9.10. The van der Waals surface area contributed by atoms with Crippen LogP contribution < -0.4 is 0 Å². The molecule has 19 heavy (non-hydrogen) atoms. The molecule has 1 aromatic rings. The summed E-state index contributed by atoms with van der Waals surface area (Å²) in [6.45, 7) is 1.43. The number of nitrogens with zero attached hydrogens (tertiary/aromatic N) is 1. The second-order valence-corrected chi connectivity index (χ2v) is 5.89. The average molecular weight is 326 g/mol. The van der Waals surface area contributed by atoms with Crippen molar-refractivity contribution in [3.63, 3.8) is 0 Å². The first kappa shape index (κ1) is 14.5. The molecule has 0 bridgehead atoms. The van der Waals surface area contributed by atoms with Crippen molar-refractivity contribution >= 4 is 21.8 Å². The highest BCUT2D eigenvalue weighted by Crippen LogP contribution is 2.19. The molecule has 0 radical (unpaired) electrons. The molecule has 0 N–H and O–H groups in total. The van der Waals surface area contributed by atoms with Gasteiger partial charge >= 0.3 is 0 Å². The normalized spacial score (nSPS) is 19.2. The Hall–Kier alpha value is -0.870. The summed E-state index contributed by atoms with van der Waals surface area (Å²) >= 11 is 3.51. The van der Waals surface area contributed by atoms with Crippen LogP contribution in [0, 0.1) is 0 Å². The minimum absolute atomic E-state index is 0.114. The Morgan fingerprint density at radius 3 is 2.89 bits per heavy atom. The fourth-order valence-electron chi connectivity index (χ4n) is 2.29. The SMILES string of the molecule is CN(Cc1ccccc1Br)C(=O)CC1CCCCO1. The van der Waals surface area contributed by atoms with Crippen LogP contribution in [0.4, 0.5) is 0 Å². The van der Waals surface area contributed by atoms with Crippen LogP contribution in [0.3, 0.4) is 0 Å². The van der Waals surface area contributed by atoms with Crippen LogP contribution in [0.1, 0.15) is 31.2 Å². The zero-order chi connectivity index (χ0) is 13.7. The van der Waals surface area contributed by atoms with Gasteiger partial charge in [0.2, 0.25) is 5.91 Å². The van der Waals surface area contributed by atoms with Crippen LogP contribution in [0.5, 0.6) is 0 Å². The molecular weight excluding hydrogens is 306 g/mol. The summed E-state index contributed by atoms with van der Waals surface area (Å²) in [7, 11) is 1.85.